The van der Waals surface area contributed by atoms with E-state index >= 15 is 0 Å². The molecule has 0 bridgehead atoms. The van der Waals surface area contributed by atoms with Crippen molar-refractivity contribution < 1.29 is 19.0 Å². The van der Waals surface area contributed by atoms with E-state index in [0.717, 1.165) is 53.0 Å². The van der Waals surface area contributed by atoms with Crippen LogP contribution in [0.5, 0.6) is 11.5 Å². The molecule has 6 rings (SSSR count). The summed E-state index contributed by atoms with van der Waals surface area (Å²) < 4.78 is 16.9. The molecule has 0 spiro atoms. The van der Waals surface area contributed by atoms with Crippen molar-refractivity contribution in [2.45, 2.75) is 39.0 Å². The molecule has 4 aromatic rings. The number of aryl methyl sites for hydroxylation is 1. The van der Waals surface area contributed by atoms with Gasteiger partial charge in [0.1, 0.15) is 5.82 Å². The number of nitrogens with zero attached hydrogens (tertiary/aromatic N) is 4. The zero-order chi connectivity index (χ0) is 26.1. The highest BCUT2D eigenvalue weighted by Gasteiger charge is 2.27. The number of carbonyl (C=O) groups is 1. The third kappa shape index (κ3) is 5.02. The van der Waals surface area contributed by atoms with Gasteiger partial charge in [0, 0.05) is 49.5 Å². The minimum atomic E-state index is -0.0784. The third-order valence-electron chi connectivity index (χ3n) is 7.07. The number of benzene rings is 2. The first-order valence-electron chi connectivity index (χ1n) is 12.9. The minimum absolute atomic E-state index is 0.00907. The molecule has 0 unspecified atom stereocenters. The zero-order valence-electron chi connectivity index (χ0n) is 21.6. The molecule has 38 heavy (non-hydrogen) atoms. The predicted molar refractivity (Wildman–Crippen MR) is 143 cm³/mol. The molecule has 2 aromatic heterocycles. The molecule has 2 aliphatic heterocycles. The summed E-state index contributed by atoms with van der Waals surface area (Å²) in [7, 11) is 2.01. The first kappa shape index (κ1) is 24.2. The summed E-state index contributed by atoms with van der Waals surface area (Å²) in [5.41, 5.74) is 4.59. The van der Waals surface area contributed by atoms with E-state index in [1.807, 2.05) is 24.1 Å². The van der Waals surface area contributed by atoms with Gasteiger partial charge in [0.15, 0.2) is 11.5 Å². The van der Waals surface area contributed by atoms with Crippen LogP contribution in [0.3, 0.4) is 0 Å². The minimum Gasteiger partial charge on any atom is -0.454 e. The van der Waals surface area contributed by atoms with Gasteiger partial charge in [0.2, 0.25) is 6.79 Å². The van der Waals surface area contributed by atoms with Crippen molar-refractivity contribution in [1.82, 2.24) is 20.1 Å². The lowest BCUT2D eigenvalue weighted by molar-refractivity contribution is 0.0507. The van der Waals surface area contributed by atoms with Gasteiger partial charge in [-0.2, -0.15) is 5.10 Å². The van der Waals surface area contributed by atoms with Crippen LogP contribution in [0.25, 0.3) is 10.9 Å². The second kappa shape index (κ2) is 10.3. The van der Waals surface area contributed by atoms with Gasteiger partial charge in [-0.05, 0) is 62.2 Å². The van der Waals surface area contributed by atoms with Gasteiger partial charge in [0.25, 0.3) is 5.91 Å². The van der Waals surface area contributed by atoms with Gasteiger partial charge in [0.05, 0.1) is 23.9 Å². The number of amides is 1. The molecular weight excluding hydrogens is 482 g/mol. The van der Waals surface area contributed by atoms with Crippen molar-refractivity contribution in [3.05, 3.63) is 77.1 Å². The Labute approximate surface area is 221 Å². The normalized spacial score (nSPS) is 16.2. The Morgan fingerprint density at radius 2 is 1.97 bits per heavy atom. The standard InChI is InChI=1S/C29H31N5O4/c1-19-5-7-25-21(12-19)13-22(28(31-25)33(2)16-23-9-10-30-32-23)15-34(17-24-4-3-11-36-24)29(35)20-6-8-26-27(14-20)38-18-37-26/h5-10,12-14,24H,3-4,11,15-18H2,1-2H3,(H,30,32)/t24-/m1/s1. The number of ether oxygens (including phenoxy) is 3. The van der Waals surface area contributed by atoms with E-state index in [9.17, 15) is 4.79 Å². The van der Waals surface area contributed by atoms with Crippen molar-refractivity contribution in [1.29, 1.82) is 0 Å². The average molecular weight is 514 g/mol. The Balaban J connectivity index is 1.37. The van der Waals surface area contributed by atoms with Crippen LogP contribution in [0.4, 0.5) is 5.82 Å². The second-order valence-electron chi connectivity index (χ2n) is 9.99. The quantitative estimate of drug-likeness (QED) is 0.372. The van der Waals surface area contributed by atoms with Gasteiger partial charge in [-0.3, -0.25) is 9.89 Å². The topological polar surface area (TPSA) is 92.8 Å². The fraction of sp³-hybridized carbons (Fsp3) is 0.345. The molecule has 2 aliphatic rings. The molecule has 0 radical (unpaired) electrons. The summed E-state index contributed by atoms with van der Waals surface area (Å²) in [5, 5.41) is 8.16. The monoisotopic (exact) mass is 513 g/mol. The molecule has 0 saturated carbocycles. The molecular formula is C29H31N5O4. The number of pyridine rings is 1. The number of aromatic nitrogens is 3. The number of hydrogen-bond acceptors (Lipinski definition) is 7. The number of aromatic amines is 1. The Morgan fingerprint density at radius 3 is 2.79 bits per heavy atom. The van der Waals surface area contributed by atoms with Crippen molar-refractivity contribution in [2.24, 2.45) is 0 Å². The lowest BCUT2D eigenvalue weighted by Crippen LogP contribution is -2.37. The summed E-state index contributed by atoms with van der Waals surface area (Å²) in [4.78, 5) is 22.9. The van der Waals surface area contributed by atoms with Crippen molar-refractivity contribution >= 4 is 22.6 Å². The summed E-state index contributed by atoms with van der Waals surface area (Å²) in [6.45, 7) is 4.48. The van der Waals surface area contributed by atoms with Crippen LogP contribution in [-0.4, -0.2) is 59.1 Å². The number of nitrogens with one attached hydrogen (secondary N) is 1. The third-order valence-corrected chi connectivity index (χ3v) is 7.07. The zero-order valence-corrected chi connectivity index (χ0v) is 21.6. The summed E-state index contributed by atoms with van der Waals surface area (Å²) >= 11 is 0. The molecule has 1 N–H and O–H groups in total. The van der Waals surface area contributed by atoms with Crippen molar-refractivity contribution in [3.63, 3.8) is 0 Å². The molecule has 9 heteroatoms. The van der Waals surface area contributed by atoms with Gasteiger partial charge in [-0.15, -0.1) is 0 Å². The number of H-pyrrole nitrogens is 1. The van der Waals surface area contributed by atoms with Gasteiger partial charge >= 0.3 is 0 Å². The number of rotatable bonds is 8. The van der Waals surface area contributed by atoms with Crippen LogP contribution in [0.2, 0.25) is 0 Å². The fourth-order valence-corrected chi connectivity index (χ4v) is 5.15. The molecule has 1 amide bonds. The number of hydrogen-bond donors (Lipinski definition) is 1. The van der Waals surface area contributed by atoms with Crippen molar-refractivity contribution in [2.75, 3.05) is 31.9 Å². The van der Waals surface area contributed by atoms with Gasteiger partial charge in [-0.25, -0.2) is 4.98 Å². The lowest BCUT2D eigenvalue weighted by Gasteiger charge is -2.28. The SMILES string of the molecule is Cc1ccc2nc(N(C)Cc3ccn[nH]3)c(CN(C[C@H]3CCCO3)C(=O)c3ccc4c(c3)OCO4)cc2c1. The van der Waals surface area contributed by atoms with E-state index in [0.29, 0.717) is 36.7 Å². The van der Waals surface area contributed by atoms with E-state index < -0.39 is 0 Å². The lowest BCUT2D eigenvalue weighted by atomic mass is 10.1. The van der Waals surface area contributed by atoms with Crippen molar-refractivity contribution in [3.8, 4) is 11.5 Å². The number of fused-ring (bicyclic) bond motifs is 2. The van der Waals surface area contributed by atoms with Crippen LogP contribution in [0.1, 0.15) is 40.0 Å². The molecule has 4 heterocycles. The Hall–Kier alpha value is -4.11. The van der Waals surface area contributed by atoms with E-state index in [2.05, 4.69) is 40.2 Å². The Bertz CT molecular complexity index is 1450. The highest BCUT2D eigenvalue weighted by molar-refractivity contribution is 5.95. The van der Waals surface area contributed by atoms with Crippen LogP contribution in [-0.2, 0) is 17.8 Å². The second-order valence-corrected chi connectivity index (χ2v) is 9.99. The van der Waals surface area contributed by atoms with Gasteiger partial charge < -0.3 is 24.0 Å². The maximum absolute atomic E-state index is 13.9. The number of carbonyl (C=O) groups excluding carboxylic acids is 1. The fourth-order valence-electron chi connectivity index (χ4n) is 5.15. The highest BCUT2D eigenvalue weighted by atomic mass is 16.7. The van der Waals surface area contributed by atoms with Crippen LogP contribution in [0, 0.1) is 6.92 Å². The maximum Gasteiger partial charge on any atom is 0.254 e. The molecule has 1 saturated heterocycles. The largest absolute Gasteiger partial charge is 0.454 e. The van der Waals surface area contributed by atoms with Gasteiger partial charge in [-0.1, -0.05) is 11.6 Å². The average Bonchev–Trinajstić information content (AvgIpc) is 3.70. The maximum atomic E-state index is 13.9. The highest BCUT2D eigenvalue weighted by Crippen LogP contribution is 2.33. The molecule has 1 fully saturated rings. The first-order valence-corrected chi connectivity index (χ1v) is 12.9. The van der Waals surface area contributed by atoms with E-state index in [4.69, 9.17) is 19.2 Å². The van der Waals surface area contributed by atoms with Crippen LogP contribution in [0.15, 0.2) is 54.7 Å². The molecule has 1 atom stereocenters. The van der Waals surface area contributed by atoms with Crippen LogP contribution < -0.4 is 14.4 Å². The van der Waals surface area contributed by atoms with Crippen LogP contribution >= 0.6 is 0 Å². The predicted octanol–water partition coefficient (Wildman–Crippen LogP) is 4.45. The summed E-state index contributed by atoms with van der Waals surface area (Å²) in [6, 6.07) is 15.7. The smallest absolute Gasteiger partial charge is 0.254 e. The summed E-state index contributed by atoms with van der Waals surface area (Å²) in [6.07, 6.45) is 3.70. The Kier molecular flexibility index (Phi) is 6.59. The summed E-state index contributed by atoms with van der Waals surface area (Å²) in [5.74, 6) is 2.00. The first-order chi connectivity index (χ1) is 18.5. The Morgan fingerprint density at radius 1 is 1.08 bits per heavy atom. The van der Waals surface area contributed by atoms with E-state index in [1.165, 1.54) is 0 Å². The number of anilines is 1. The molecule has 9 nitrogen and oxygen atoms in total. The molecule has 196 valence electrons. The molecule has 0 aliphatic carbocycles. The van der Waals surface area contributed by atoms with E-state index in [1.54, 1.807) is 24.4 Å². The van der Waals surface area contributed by atoms with E-state index in [-0.39, 0.29) is 18.8 Å². The molecule has 2 aromatic carbocycles.